The maximum Gasteiger partial charge on any atom is 0.195 e. The van der Waals surface area contributed by atoms with Gasteiger partial charge in [0.25, 0.3) is 0 Å². The number of nitrogens with one attached hydrogen (secondary N) is 2. The number of halogens is 1. The molecule has 0 aromatic carbocycles. The predicted molar refractivity (Wildman–Crippen MR) is 92.4 cm³/mol. The fourth-order valence-electron chi connectivity index (χ4n) is 3.27. The molecule has 1 aromatic heterocycles. The SMILES string of the molecule is CNC1(CCN)N=C(N)Nc2c1sc1c2CC(C)CC1.Cl. The Hall–Kier alpha value is -0.820. The van der Waals surface area contributed by atoms with Crippen LogP contribution in [0.1, 0.15) is 35.1 Å². The quantitative estimate of drug-likeness (QED) is 0.680. The summed E-state index contributed by atoms with van der Waals surface area (Å²) in [4.78, 5) is 7.37. The summed E-state index contributed by atoms with van der Waals surface area (Å²) in [5.74, 6) is 1.22. The number of rotatable bonds is 3. The van der Waals surface area contributed by atoms with E-state index in [0.717, 1.165) is 25.2 Å². The summed E-state index contributed by atoms with van der Waals surface area (Å²) in [5, 5.41) is 6.64. The van der Waals surface area contributed by atoms with Gasteiger partial charge in [-0.2, -0.15) is 0 Å². The van der Waals surface area contributed by atoms with Gasteiger partial charge < -0.3 is 16.8 Å². The van der Waals surface area contributed by atoms with Gasteiger partial charge in [-0.1, -0.05) is 6.92 Å². The van der Waals surface area contributed by atoms with Crippen LogP contribution in [-0.2, 0) is 18.5 Å². The van der Waals surface area contributed by atoms with E-state index in [4.69, 9.17) is 11.5 Å². The molecule has 0 saturated heterocycles. The minimum absolute atomic E-state index is 0. The smallest absolute Gasteiger partial charge is 0.195 e. The number of thiophene rings is 1. The molecule has 0 radical (unpaired) electrons. The molecule has 0 spiro atoms. The van der Waals surface area contributed by atoms with Crippen LogP contribution in [0.15, 0.2) is 4.99 Å². The second-order valence-electron chi connectivity index (χ2n) is 5.83. The Labute approximate surface area is 136 Å². The molecule has 1 aromatic rings. The van der Waals surface area contributed by atoms with E-state index in [1.165, 1.54) is 27.4 Å². The molecule has 7 heteroatoms. The van der Waals surface area contributed by atoms with Gasteiger partial charge in [0.15, 0.2) is 11.6 Å². The van der Waals surface area contributed by atoms with Gasteiger partial charge in [0.2, 0.25) is 0 Å². The highest BCUT2D eigenvalue weighted by atomic mass is 35.5. The zero-order valence-electron chi connectivity index (χ0n) is 12.5. The van der Waals surface area contributed by atoms with E-state index in [1.807, 2.05) is 18.4 Å². The van der Waals surface area contributed by atoms with Gasteiger partial charge >= 0.3 is 0 Å². The van der Waals surface area contributed by atoms with Crippen molar-refractivity contribution in [2.45, 2.75) is 38.3 Å². The Morgan fingerprint density at radius 1 is 1.52 bits per heavy atom. The van der Waals surface area contributed by atoms with E-state index in [2.05, 4.69) is 22.5 Å². The molecule has 2 heterocycles. The highest BCUT2D eigenvalue weighted by Gasteiger charge is 2.40. The lowest BCUT2D eigenvalue weighted by Gasteiger charge is -2.33. The minimum atomic E-state index is -0.454. The van der Waals surface area contributed by atoms with Crippen LogP contribution >= 0.6 is 23.7 Å². The molecule has 1 aliphatic carbocycles. The van der Waals surface area contributed by atoms with Gasteiger partial charge in [-0.15, -0.1) is 23.7 Å². The van der Waals surface area contributed by atoms with Crippen molar-refractivity contribution in [3.8, 4) is 0 Å². The molecule has 5 nitrogen and oxygen atoms in total. The predicted octanol–water partition coefficient (Wildman–Crippen LogP) is 1.76. The Morgan fingerprint density at radius 3 is 2.95 bits per heavy atom. The van der Waals surface area contributed by atoms with Crippen molar-refractivity contribution < 1.29 is 0 Å². The fraction of sp³-hybridized carbons (Fsp3) is 0.643. The molecule has 0 fully saturated rings. The summed E-state index contributed by atoms with van der Waals surface area (Å²) in [6, 6.07) is 0. The topological polar surface area (TPSA) is 88.5 Å². The Kier molecular flexibility index (Phi) is 4.82. The fourth-order valence-corrected chi connectivity index (χ4v) is 4.74. The van der Waals surface area contributed by atoms with E-state index in [9.17, 15) is 0 Å². The number of nitrogens with zero attached hydrogens (tertiary/aromatic N) is 1. The molecule has 2 atom stereocenters. The Balaban J connectivity index is 0.00000161. The summed E-state index contributed by atoms with van der Waals surface area (Å²) >= 11 is 1.87. The summed E-state index contributed by atoms with van der Waals surface area (Å²) in [6.07, 6.45) is 4.32. The van der Waals surface area contributed by atoms with Crippen LogP contribution in [0.3, 0.4) is 0 Å². The van der Waals surface area contributed by atoms with Crippen molar-refractivity contribution in [3.63, 3.8) is 0 Å². The van der Waals surface area contributed by atoms with Crippen molar-refractivity contribution in [1.82, 2.24) is 5.32 Å². The molecule has 0 amide bonds. The van der Waals surface area contributed by atoms with Crippen molar-refractivity contribution in [2.75, 3.05) is 18.9 Å². The summed E-state index contributed by atoms with van der Waals surface area (Å²) < 4.78 is 0. The van der Waals surface area contributed by atoms with Gasteiger partial charge in [0.1, 0.15) is 0 Å². The van der Waals surface area contributed by atoms with E-state index < -0.39 is 5.66 Å². The van der Waals surface area contributed by atoms with Gasteiger partial charge in [-0.05, 0) is 44.3 Å². The van der Waals surface area contributed by atoms with Crippen molar-refractivity contribution in [3.05, 3.63) is 15.3 Å². The highest BCUT2D eigenvalue weighted by Crippen LogP contribution is 2.47. The van der Waals surface area contributed by atoms with Gasteiger partial charge in [0, 0.05) is 11.3 Å². The zero-order chi connectivity index (χ0) is 14.3. The number of aryl methyl sites for hydroxylation is 1. The number of fused-ring (bicyclic) bond motifs is 3. The molecule has 3 rings (SSSR count). The Bertz CT molecular complexity index is 556. The van der Waals surface area contributed by atoms with E-state index in [-0.39, 0.29) is 12.4 Å². The number of nitrogens with two attached hydrogens (primary N) is 2. The number of hydrogen-bond donors (Lipinski definition) is 4. The van der Waals surface area contributed by atoms with Crippen LogP contribution in [-0.4, -0.2) is 19.6 Å². The molecular weight excluding hydrogens is 306 g/mol. The van der Waals surface area contributed by atoms with Crippen molar-refractivity contribution >= 4 is 35.4 Å². The van der Waals surface area contributed by atoms with Crippen molar-refractivity contribution in [2.24, 2.45) is 22.4 Å². The highest BCUT2D eigenvalue weighted by molar-refractivity contribution is 7.13. The van der Waals surface area contributed by atoms with Crippen LogP contribution in [0.25, 0.3) is 0 Å². The van der Waals surface area contributed by atoms with Crippen molar-refractivity contribution in [1.29, 1.82) is 0 Å². The zero-order valence-corrected chi connectivity index (χ0v) is 14.2. The normalized spacial score (nSPS) is 27.0. The molecule has 21 heavy (non-hydrogen) atoms. The molecule has 0 bridgehead atoms. The summed E-state index contributed by atoms with van der Waals surface area (Å²) in [5.41, 5.74) is 14.0. The molecule has 1 aliphatic heterocycles. The third-order valence-corrected chi connectivity index (χ3v) is 5.81. The second kappa shape index (κ2) is 6.12. The second-order valence-corrected chi connectivity index (χ2v) is 6.93. The van der Waals surface area contributed by atoms with E-state index >= 15 is 0 Å². The molecule has 2 aliphatic rings. The molecular formula is C14H24ClN5S. The van der Waals surface area contributed by atoms with E-state index in [1.54, 1.807) is 0 Å². The first-order valence-electron chi connectivity index (χ1n) is 7.26. The lowest BCUT2D eigenvalue weighted by molar-refractivity contribution is 0.361. The molecule has 118 valence electrons. The third kappa shape index (κ3) is 2.65. The lowest BCUT2D eigenvalue weighted by Crippen LogP contribution is -2.45. The van der Waals surface area contributed by atoms with Crippen LogP contribution in [0.2, 0.25) is 0 Å². The maximum absolute atomic E-state index is 6.02. The summed E-state index contributed by atoms with van der Waals surface area (Å²) in [6.45, 7) is 2.90. The number of hydrogen-bond acceptors (Lipinski definition) is 6. The average molecular weight is 330 g/mol. The largest absolute Gasteiger partial charge is 0.370 e. The maximum atomic E-state index is 6.02. The van der Waals surface area contributed by atoms with Gasteiger partial charge in [-0.3, -0.25) is 5.32 Å². The molecule has 0 saturated carbocycles. The van der Waals surface area contributed by atoms with Crippen LogP contribution in [0.4, 0.5) is 5.69 Å². The van der Waals surface area contributed by atoms with Crippen LogP contribution in [0, 0.1) is 5.92 Å². The first-order valence-corrected chi connectivity index (χ1v) is 8.07. The van der Waals surface area contributed by atoms with E-state index in [0.29, 0.717) is 12.5 Å². The minimum Gasteiger partial charge on any atom is -0.370 e. The molecule has 2 unspecified atom stereocenters. The average Bonchev–Trinajstić information content (AvgIpc) is 2.78. The lowest BCUT2D eigenvalue weighted by atomic mass is 9.87. The number of anilines is 1. The van der Waals surface area contributed by atoms with Crippen LogP contribution in [0.5, 0.6) is 0 Å². The Morgan fingerprint density at radius 2 is 2.29 bits per heavy atom. The molecule has 6 N–H and O–H groups in total. The first-order chi connectivity index (χ1) is 9.59. The standard InChI is InChI=1S/C14H23N5S.ClH/c1-8-3-4-10-9(7-8)11-12(20-10)14(17-2,5-6-15)19-13(16)18-11;/h8,17H,3-7,15H2,1-2H3,(H3,16,18,19);1H. The monoisotopic (exact) mass is 329 g/mol. The number of aliphatic imine (C=N–C) groups is 1. The summed E-state index contributed by atoms with van der Waals surface area (Å²) in [7, 11) is 1.93. The van der Waals surface area contributed by atoms with Gasteiger partial charge in [0.05, 0.1) is 10.6 Å². The third-order valence-electron chi connectivity index (χ3n) is 4.37. The number of guanidine groups is 1. The first kappa shape index (κ1) is 16.5. The van der Waals surface area contributed by atoms with Gasteiger partial charge in [-0.25, -0.2) is 4.99 Å². The van der Waals surface area contributed by atoms with Crippen LogP contribution < -0.4 is 22.1 Å².